The van der Waals surface area contributed by atoms with E-state index < -0.39 is 11.6 Å². The van der Waals surface area contributed by atoms with Gasteiger partial charge in [0.15, 0.2) is 0 Å². The quantitative estimate of drug-likeness (QED) is 0.779. The summed E-state index contributed by atoms with van der Waals surface area (Å²) in [5.41, 5.74) is 6.79. The summed E-state index contributed by atoms with van der Waals surface area (Å²) in [5.74, 6) is 1.46. The number of rotatable bonds is 6. The molecule has 2 heterocycles. The SMILES string of the molecule is Cc1cc(CN2CCO[C@@H](CN)C2)ccc1OC1(C(=O)O)CCSCC1. The van der Waals surface area contributed by atoms with Crippen LogP contribution in [0.3, 0.4) is 0 Å². The highest BCUT2D eigenvalue weighted by Gasteiger charge is 2.42. The normalized spacial score (nSPS) is 23.5. The zero-order valence-corrected chi connectivity index (χ0v) is 16.1. The first-order valence-corrected chi connectivity index (χ1v) is 10.3. The van der Waals surface area contributed by atoms with Gasteiger partial charge in [0, 0.05) is 39.0 Å². The van der Waals surface area contributed by atoms with Crippen molar-refractivity contribution < 1.29 is 19.4 Å². The maximum Gasteiger partial charge on any atom is 0.348 e. The molecule has 1 atom stereocenters. The van der Waals surface area contributed by atoms with E-state index in [4.69, 9.17) is 15.2 Å². The van der Waals surface area contributed by atoms with E-state index in [2.05, 4.69) is 11.0 Å². The molecule has 2 saturated heterocycles. The van der Waals surface area contributed by atoms with Crippen LogP contribution in [-0.2, 0) is 16.1 Å². The number of aliphatic carboxylic acids is 1. The van der Waals surface area contributed by atoms with Crippen molar-refractivity contribution in [3.05, 3.63) is 29.3 Å². The van der Waals surface area contributed by atoms with Gasteiger partial charge in [-0.1, -0.05) is 12.1 Å². The molecule has 0 spiro atoms. The molecule has 26 heavy (non-hydrogen) atoms. The van der Waals surface area contributed by atoms with Crippen molar-refractivity contribution in [2.45, 2.75) is 38.0 Å². The van der Waals surface area contributed by atoms with E-state index in [1.54, 1.807) is 11.8 Å². The molecule has 0 saturated carbocycles. The summed E-state index contributed by atoms with van der Waals surface area (Å²) < 4.78 is 11.7. The van der Waals surface area contributed by atoms with Crippen LogP contribution in [0, 0.1) is 6.92 Å². The van der Waals surface area contributed by atoms with Crippen LogP contribution < -0.4 is 10.5 Å². The monoisotopic (exact) mass is 380 g/mol. The first-order valence-electron chi connectivity index (χ1n) is 9.16. The zero-order valence-electron chi connectivity index (χ0n) is 15.3. The van der Waals surface area contributed by atoms with E-state index in [0.29, 0.717) is 31.7 Å². The zero-order chi connectivity index (χ0) is 18.6. The van der Waals surface area contributed by atoms with Gasteiger partial charge < -0.3 is 20.3 Å². The van der Waals surface area contributed by atoms with Crippen LogP contribution in [0.25, 0.3) is 0 Å². The molecule has 2 aliphatic heterocycles. The highest BCUT2D eigenvalue weighted by atomic mass is 32.2. The molecule has 0 amide bonds. The predicted octanol–water partition coefficient (Wildman–Crippen LogP) is 1.88. The third-order valence-electron chi connectivity index (χ3n) is 5.13. The fourth-order valence-electron chi connectivity index (χ4n) is 3.52. The molecule has 2 fully saturated rings. The largest absolute Gasteiger partial charge is 0.478 e. The maximum absolute atomic E-state index is 11.8. The van der Waals surface area contributed by atoms with E-state index in [-0.39, 0.29) is 6.10 Å². The second-order valence-electron chi connectivity index (χ2n) is 7.08. The number of thioether (sulfide) groups is 1. The average molecular weight is 381 g/mol. The summed E-state index contributed by atoms with van der Waals surface area (Å²) in [6.45, 7) is 5.80. The molecule has 3 N–H and O–H groups in total. The van der Waals surface area contributed by atoms with E-state index in [9.17, 15) is 9.90 Å². The van der Waals surface area contributed by atoms with Gasteiger partial charge in [0.2, 0.25) is 5.60 Å². The molecule has 0 radical (unpaired) electrons. The number of hydrogen-bond acceptors (Lipinski definition) is 6. The Morgan fingerprint density at radius 1 is 1.46 bits per heavy atom. The Balaban J connectivity index is 1.68. The second-order valence-corrected chi connectivity index (χ2v) is 8.30. The number of aryl methyl sites for hydroxylation is 1. The van der Waals surface area contributed by atoms with Crippen LogP contribution in [0.2, 0.25) is 0 Å². The first kappa shape index (κ1) is 19.5. The number of carbonyl (C=O) groups is 1. The van der Waals surface area contributed by atoms with Gasteiger partial charge in [0.05, 0.1) is 12.7 Å². The van der Waals surface area contributed by atoms with Crippen molar-refractivity contribution in [1.82, 2.24) is 4.90 Å². The van der Waals surface area contributed by atoms with E-state index in [1.807, 2.05) is 19.1 Å². The molecule has 0 unspecified atom stereocenters. The molecule has 0 bridgehead atoms. The van der Waals surface area contributed by atoms with Crippen LogP contribution in [0.1, 0.15) is 24.0 Å². The van der Waals surface area contributed by atoms with E-state index >= 15 is 0 Å². The van der Waals surface area contributed by atoms with Crippen molar-refractivity contribution in [3.63, 3.8) is 0 Å². The lowest BCUT2D eigenvalue weighted by atomic mass is 9.96. The number of carboxylic acid groups (broad SMARTS) is 1. The third-order valence-corrected chi connectivity index (χ3v) is 6.11. The predicted molar refractivity (Wildman–Crippen MR) is 103 cm³/mol. The molecule has 144 valence electrons. The van der Waals surface area contributed by atoms with Crippen LogP contribution in [0.5, 0.6) is 5.75 Å². The highest BCUT2D eigenvalue weighted by molar-refractivity contribution is 7.99. The van der Waals surface area contributed by atoms with Gasteiger partial charge in [0.25, 0.3) is 0 Å². The van der Waals surface area contributed by atoms with Gasteiger partial charge in [-0.3, -0.25) is 4.90 Å². The Morgan fingerprint density at radius 2 is 2.23 bits per heavy atom. The molecular formula is C19H28N2O4S. The first-order chi connectivity index (χ1) is 12.5. The minimum Gasteiger partial charge on any atom is -0.478 e. The van der Waals surface area contributed by atoms with Gasteiger partial charge in [-0.2, -0.15) is 11.8 Å². The summed E-state index contributed by atoms with van der Waals surface area (Å²) in [7, 11) is 0. The topological polar surface area (TPSA) is 85.0 Å². The average Bonchev–Trinajstić information content (AvgIpc) is 2.65. The van der Waals surface area contributed by atoms with Crippen LogP contribution in [-0.4, -0.2) is 65.4 Å². The molecule has 3 rings (SSSR count). The number of nitrogens with zero attached hydrogens (tertiary/aromatic N) is 1. The molecule has 0 aromatic heterocycles. The fraction of sp³-hybridized carbons (Fsp3) is 0.632. The lowest BCUT2D eigenvalue weighted by Crippen LogP contribution is -2.47. The van der Waals surface area contributed by atoms with Crippen molar-refractivity contribution in [2.75, 3.05) is 37.7 Å². The highest BCUT2D eigenvalue weighted by Crippen LogP contribution is 2.34. The summed E-state index contributed by atoms with van der Waals surface area (Å²) in [5, 5.41) is 9.70. The van der Waals surface area contributed by atoms with Crippen LogP contribution in [0.4, 0.5) is 0 Å². The van der Waals surface area contributed by atoms with Crippen LogP contribution >= 0.6 is 11.8 Å². The van der Waals surface area contributed by atoms with Crippen molar-refractivity contribution >= 4 is 17.7 Å². The summed E-state index contributed by atoms with van der Waals surface area (Å²) >= 11 is 1.79. The molecular weight excluding hydrogens is 352 g/mol. The van der Waals surface area contributed by atoms with Gasteiger partial charge >= 0.3 is 5.97 Å². The van der Waals surface area contributed by atoms with E-state index in [1.165, 1.54) is 5.56 Å². The number of nitrogens with two attached hydrogens (primary N) is 1. The standard InChI is InChI=1S/C19H28N2O4S/c1-14-10-15(12-21-6-7-24-16(11-20)13-21)2-3-17(14)25-19(18(22)23)4-8-26-9-5-19/h2-3,10,16H,4-9,11-13,20H2,1H3,(H,22,23)/t16-/m0/s1. The Hall–Kier alpha value is -1.28. The Bertz CT molecular complexity index is 634. The third kappa shape index (κ3) is 4.52. The fourth-order valence-corrected chi connectivity index (χ4v) is 4.67. The molecule has 0 aliphatic carbocycles. The number of benzene rings is 1. The van der Waals surface area contributed by atoms with Gasteiger partial charge in [-0.15, -0.1) is 0 Å². The molecule has 1 aromatic carbocycles. The van der Waals surface area contributed by atoms with Crippen molar-refractivity contribution in [2.24, 2.45) is 5.73 Å². The van der Waals surface area contributed by atoms with Crippen molar-refractivity contribution in [1.29, 1.82) is 0 Å². The van der Waals surface area contributed by atoms with Gasteiger partial charge in [-0.25, -0.2) is 4.79 Å². The Morgan fingerprint density at radius 3 is 2.88 bits per heavy atom. The Labute approximate surface area is 159 Å². The second kappa shape index (κ2) is 8.61. The summed E-state index contributed by atoms with van der Waals surface area (Å²) in [4.78, 5) is 14.2. The van der Waals surface area contributed by atoms with Gasteiger partial charge in [0.1, 0.15) is 5.75 Å². The summed E-state index contributed by atoms with van der Waals surface area (Å²) in [6.07, 6.45) is 1.19. The minimum absolute atomic E-state index is 0.104. The maximum atomic E-state index is 11.8. The van der Waals surface area contributed by atoms with Crippen molar-refractivity contribution in [3.8, 4) is 5.75 Å². The lowest BCUT2D eigenvalue weighted by Gasteiger charge is -2.34. The van der Waals surface area contributed by atoms with E-state index in [0.717, 1.165) is 36.7 Å². The van der Waals surface area contributed by atoms with Crippen LogP contribution in [0.15, 0.2) is 18.2 Å². The molecule has 2 aliphatic rings. The summed E-state index contributed by atoms with van der Waals surface area (Å²) in [6, 6.07) is 6.04. The molecule has 6 nitrogen and oxygen atoms in total. The number of morpholine rings is 1. The molecule has 7 heteroatoms. The Kier molecular flexibility index (Phi) is 6.45. The van der Waals surface area contributed by atoms with Gasteiger partial charge in [-0.05, 0) is 35.6 Å². The lowest BCUT2D eigenvalue weighted by molar-refractivity contribution is -0.156. The number of carboxylic acids is 1. The molecule has 1 aromatic rings. The smallest absolute Gasteiger partial charge is 0.348 e. The number of ether oxygens (including phenoxy) is 2. The number of hydrogen-bond donors (Lipinski definition) is 2. The minimum atomic E-state index is -1.09.